The summed E-state index contributed by atoms with van der Waals surface area (Å²) in [6.45, 7) is 4.30. The molecule has 1 aliphatic rings. The number of carbonyl (C=O) groups excluding carboxylic acids is 1. The number of rotatable bonds is 7. The Labute approximate surface area is 173 Å². The predicted molar refractivity (Wildman–Crippen MR) is 113 cm³/mol. The van der Waals surface area contributed by atoms with Gasteiger partial charge in [-0.1, -0.05) is 36.4 Å². The van der Waals surface area contributed by atoms with E-state index in [2.05, 4.69) is 10.6 Å². The lowest BCUT2D eigenvalue weighted by molar-refractivity contribution is -0.126. The number of amides is 1. The van der Waals surface area contributed by atoms with Gasteiger partial charge in [-0.25, -0.2) is 0 Å². The van der Waals surface area contributed by atoms with Crippen molar-refractivity contribution in [1.82, 2.24) is 10.6 Å². The van der Waals surface area contributed by atoms with Gasteiger partial charge >= 0.3 is 0 Å². The van der Waals surface area contributed by atoms with E-state index in [1.165, 1.54) is 0 Å². The highest BCUT2D eigenvalue weighted by atomic mass is 35.5. The maximum Gasteiger partial charge on any atom is 0.223 e. The second-order valence-corrected chi connectivity index (χ2v) is 6.94. The van der Waals surface area contributed by atoms with Gasteiger partial charge in [0.2, 0.25) is 5.91 Å². The number of piperidine rings is 1. The monoisotopic (exact) mass is 404 g/mol. The minimum atomic E-state index is -0.0792. The first-order chi connectivity index (χ1) is 13.2. The zero-order chi connectivity index (χ0) is 19.1. The summed E-state index contributed by atoms with van der Waals surface area (Å²) in [5, 5.41) is 6.42. The molecular formula is C22H29ClN2O3. The summed E-state index contributed by atoms with van der Waals surface area (Å²) in [6.07, 6.45) is 1.79. The standard InChI is InChI=1S/C22H28N2O3.ClH/c1-16(24-22(25)18-10-12-23-13-11-18)19-8-9-20(21(14-19)26-2)27-15-17-6-4-3-5-7-17;/h3-9,14,16,18,23H,10-13,15H2,1-2H3,(H,24,25);1H. The Balaban J connectivity index is 0.00000280. The zero-order valence-corrected chi connectivity index (χ0v) is 17.3. The normalized spacial score (nSPS) is 15.2. The number of carbonyl (C=O) groups is 1. The summed E-state index contributed by atoms with van der Waals surface area (Å²) in [5.41, 5.74) is 2.10. The van der Waals surface area contributed by atoms with E-state index in [1.54, 1.807) is 7.11 Å². The fourth-order valence-electron chi connectivity index (χ4n) is 3.31. The molecule has 3 rings (SSSR count). The van der Waals surface area contributed by atoms with Crippen LogP contribution in [0.5, 0.6) is 11.5 Å². The summed E-state index contributed by atoms with van der Waals surface area (Å²) < 4.78 is 11.4. The van der Waals surface area contributed by atoms with Crippen molar-refractivity contribution in [3.8, 4) is 11.5 Å². The fourth-order valence-corrected chi connectivity index (χ4v) is 3.31. The molecule has 1 fully saturated rings. The third-order valence-corrected chi connectivity index (χ3v) is 4.99. The summed E-state index contributed by atoms with van der Waals surface area (Å²) >= 11 is 0. The number of ether oxygens (including phenoxy) is 2. The minimum absolute atomic E-state index is 0. The van der Waals surface area contributed by atoms with Crippen LogP contribution < -0.4 is 20.1 Å². The molecule has 2 aromatic carbocycles. The molecule has 0 spiro atoms. The van der Waals surface area contributed by atoms with Gasteiger partial charge in [0, 0.05) is 5.92 Å². The summed E-state index contributed by atoms with van der Waals surface area (Å²) in [7, 11) is 1.63. The highest BCUT2D eigenvalue weighted by molar-refractivity contribution is 5.85. The average Bonchev–Trinajstić information content (AvgIpc) is 2.73. The number of nitrogens with one attached hydrogen (secondary N) is 2. The van der Waals surface area contributed by atoms with E-state index >= 15 is 0 Å². The average molecular weight is 405 g/mol. The van der Waals surface area contributed by atoms with Crippen molar-refractivity contribution < 1.29 is 14.3 Å². The molecule has 0 radical (unpaired) electrons. The molecule has 28 heavy (non-hydrogen) atoms. The van der Waals surface area contributed by atoms with Gasteiger partial charge in [0.15, 0.2) is 11.5 Å². The number of hydrogen-bond donors (Lipinski definition) is 2. The summed E-state index contributed by atoms with van der Waals surface area (Å²) in [4.78, 5) is 12.5. The maximum absolute atomic E-state index is 12.5. The zero-order valence-electron chi connectivity index (χ0n) is 16.4. The van der Waals surface area contributed by atoms with Gasteiger partial charge in [-0.15, -0.1) is 12.4 Å². The van der Waals surface area contributed by atoms with E-state index in [1.807, 2.05) is 55.5 Å². The van der Waals surface area contributed by atoms with Gasteiger partial charge < -0.3 is 20.1 Å². The molecule has 1 saturated heterocycles. The molecular weight excluding hydrogens is 376 g/mol. The first-order valence-electron chi connectivity index (χ1n) is 9.53. The van der Waals surface area contributed by atoms with E-state index in [0.29, 0.717) is 18.1 Å². The van der Waals surface area contributed by atoms with Crippen LogP contribution in [0.15, 0.2) is 48.5 Å². The molecule has 6 heteroatoms. The van der Waals surface area contributed by atoms with Crippen LogP contribution in [0, 0.1) is 5.92 Å². The van der Waals surface area contributed by atoms with E-state index in [4.69, 9.17) is 9.47 Å². The van der Waals surface area contributed by atoms with Gasteiger partial charge in [0.1, 0.15) is 6.61 Å². The molecule has 0 bridgehead atoms. The first kappa shape index (κ1) is 22.1. The second-order valence-electron chi connectivity index (χ2n) is 6.94. The van der Waals surface area contributed by atoms with Crippen LogP contribution in [0.1, 0.15) is 36.9 Å². The molecule has 1 aliphatic heterocycles. The smallest absolute Gasteiger partial charge is 0.223 e. The topological polar surface area (TPSA) is 59.6 Å². The Kier molecular flexibility index (Phi) is 8.61. The first-order valence-corrected chi connectivity index (χ1v) is 9.53. The van der Waals surface area contributed by atoms with Crippen molar-refractivity contribution in [2.45, 2.75) is 32.4 Å². The lowest BCUT2D eigenvalue weighted by atomic mass is 9.96. The van der Waals surface area contributed by atoms with Crippen molar-refractivity contribution in [3.63, 3.8) is 0 Å². The predicted octanol–water partition coefficient (Wildman–Crippen LogP) is 3.87. The van der Waals surface area contributed by atoms with Gasteiger partial charge in [-0.3, -0.25) is 4.79 Å². The van der Waals surface area contributed by atoms with Crippen LogP contribution in [0.3, 0.4) is 0 Å². The Morgan fingerprint density at radius 3 is 2.54 bits per heavy atom. The van der Waals surface area contributed by atoms with Crippen LogP contribution in [0.25, 0.3) is 0 Å². The molecule has 1 atom stereocenters. The van der Waals surface area contributed by atoms with E-state index in [-0.39, 0.29) is 30.3 Å². The fraction of sp³-hybridized carbons (Fsp3) is 0.409. The van der Waals surface area contributed by atoms with Crippen molar-refractivity contribution in [1.29, 1.82) is 0 Å². The van der Waals surface area contributed by atoms with Crippen molar-refractivity contribution in [3.05, 3.63) is 59.7 Å². The van der Waals surface area contributed by atoms with Gasteiger partial charge in [0.25, 0.3) is 0 Å². The number of methoxy groups -OCH3 is 1. The molecule has 0 saturated carbocycles. The minimum Gasteiger partial charge on any atom is -0.493 e. The van der Waals surface area contributed by atoms with Gasteiger partial charge in [-0.2, -0.15) is 0 Å². The van der Waals surface area contributed by atoms with Crippen LogP contribution in [-0.2, 0) is 11.4 Å². The third kappa shape index (κ3) is 5.88. The van der Waals surface area contributed by atoms with Crippen molar-refractivity contribution >= 4 is 18.3 Å². The largest absolute Gasteiger partial charge is 0.493 e. The molecule has 0 aromatic heterocycles. The van der Waals surface area contributed by atoms with Gasteiger partial charge in [0.05, 0.1) is 13.2 Å². The Bertz CT molecular complexity index is 749. The van der Waals surface area contributed by atoms with Crippen LogP contribution in [0.4, 0.5) is 0 Å². The van der Waals surface area contributed by atoms with Gasteiger partial charge in [-0.05, 0) is 56.1 Å². The highest BCUT2D eigenvalue weighted by Crippen LogP contribution is 2.31. The third-order valence-electron chi connectivity index (χ3n) is 4.99. The molecule has 5 nitrogen and oxygen atoms in total. The lowest BCUT2D eigenvalue weighted by Crippen LogP contribution is -2.39. The van der Waals surface area contributed by atoms with Crippen molar-refractivity contribution in [2.24, 2.45) is 5.92 Å². The Morgan fingerprint density at radius 2 is 1.86 bits per heavy atom. The van der Waals surface area contributed by atoms with E-state index in [0.717, 1.165) is 37.1 Å². The SMILES string of the molecule is COc1cc(C(C)NC(=O)C2CCNCC2)ccc1OCc1ccccc1.Cl. The summed E-state index contributed by atoms with van der Waals surface area (Å²) in [6, 6.07) is 15.8. The second kappa shape index (κ2) is 10.9. The Morgan fingerprint density at radius 1 is 1.14 bits per heavy atom. The molecule has 1 unspecified atom stereocenters. The van der Waals surface area contributed by atoms with E-state index < -0.39 is 0 Å². The highest BCUT2D eigenvalue weighted by Gasteiger charge is 2.22. The summed E-state index contributed by atoms with van der Waals surface area (Å²) in [5.74, 6) is 1.60. The number of hydrogen-bond acceptors (Lipinski definition) is 4. The quantitative estimate of drug-likeness (QED) is 0.735. The molecule has 2 N–H and O–H groups in total. The van der Waals surface area contributed by atoms with Crippen LogP contribution in [0.2, 0.25) is 0 Å². The Hall–Kier alpha value is -2.24. The molecule has 0 aliphatic carbocycles. The number of benzene rings is 2. The maximum atomic E-state index is 12.5. The van der Waals surface area contributed by atoms with Crippen LogP contribution in [-0.4, -0.2) is 26.1 Å². The molecule has 152 valence electrons. The molecule has 1 heterocycles. The molecule has 1 amide bonds. The lowest BCUT2D eigenvalue weighted by Gasteiger charge is -2.24. The van der Waals surface area contributed by atoms with Crippen LogP contribution >= 0.6 is 12.4 Å². The van der Waals surface area contributed by atoms with E-state index in [9.17, 15) is 4.79 Å². The number of halogens is 1. The van der Waals surface area contributed by atoms with Crippen molar-refractivity contribution in [2.75, 3.05) is 20.2 Å². The molecule has 2 aromatic rings.